The quantitative estimate of drug-likeness (QED) is 0.821. The molecule has 0 saturated carbocycles. The Bertz CT molecular complexity index is 303. The van der Waals surface area contributed by atoms with E-state index < -0.39 is 0 Å². The Morgan fingerprint density at radius 2 is 1.93 bits per heavy atom. The summed E-state index contributed by atoms with van der Waals surface area (Å²) in [7, 11) is 0. The Labute approximate surface area is 107 Å². The highest BCUT2D eigenvalue weighted by atomic mass is 79.9. The van der Waals surface area contributed by atoms with E-state index in [4.69, 9.17) is 0 Å². The minimum Gasteiger partial charge on any atom is -0.326 e. The van der Waals surface area contributed by atoms with Crippen molar-refractivity contribution >= 4 is 43.5 Å². The second-order valence-electron chi connectivity index (χ2n) is 3.18. The molecule has 82 valence electrons. The van der Waals surface area contributed by atoms with Gasteiger partial charge in [0.1, 0.15) is 0 Å². The summed E-state index contributed by atoms with van der Waals surface area (Å²) in [6, 6.07) is 9.51. The minimum absolute atomic E-state index is 0.0181. The maximum absolute atomic E-state index is 11.8. The van der Waals surface area contributed by atoms with Crippen molar-refractivity contribution in [2.24, 2.45) is 5.92 Å². The first-order valence-corrected chi connectivity index (χ1v) is 7.00. The Kier molecular flexibility index (Phi) is 5.95. The molecule has 0 aliphatic heterocycles. The lowest BCUT2D eigenvalue weighted by molar-refractivity contribution is -0.119. The highest BCUT2D eigenvalue weighted by molar-refractivity contribution is 9.09. The fourth-order valence-electron chi connectivity index (χ4n) is 1.18. The average Bonchev–Trinajstić information content (AvgIpc) is 2.27. The van der Waals surface area contributed by atoms with Crippen LogP contribution in [-0.2, 0) is 4.79 Å². The monoisotopic (exact) mass is 333 g/mol. The second-order valence-corrected chi connectivity index (χ2v) is 4.62. The molecule has 0 saturated heterocycles. The van der Waals surface area contributed by atoms with Gasteiger partial charge in [0.25, 0.3) is 0 Å². The molecule has 0 bridgehead atoms. The standard InChI is InChI=1S/C11H13Br2NO/c12-7-6-9(8-13)11(15)14-10-4-2-1-3-5-10/h1-5,9H,6-8H2,(H,14,15). The summed E-state index contributed by atoms with van der Waals surface area (Å²) in [6.45, 7) is 0. The van der Waals surface area contributed by atoms with Crippen LogP contribution in [0, 0.1) is 5.92 Å². The number of para-hydroxylation sites is 1. The topological polar surface area (TPSA) is 29.1 Å². The molecule has 0 spiro atoms. The van der Waals surface area contributed by atoms with E-state index in [1.165, 1.54) is 0 Å². The number of amides is 1. The maximum Gasteiger partial charge on any atom is 0.228 e. The van der Waals surface area contributed by atoms with E-state index in [0.29, 0.717) is 5.33 Å². The number of alkyl halides is 2. The van der Waals surface area contributed by atoms with Gasteiger partial charge in [-0.05, 0) is 18.6 Å². The molecule has 0 heterocycles. The van der Waals surface area contributed by atoms with Crippen LogP contribution in [0.1, 0.15) is 6.42 Å². The molecule has 1 aromatic rings. The van der Waals surface area contributed by atoms with Crippen LogP contribution >= 0.6 is 31.9 Å². The largest absolute Gasteiger partial charge is 0.326 e. The lowest BCUT2D eigenvalue weighted by Gasteiger charge is -2.12. The molecule has 1 unspecified atom stereocenters. The summed E-state index contributed by atoms with van der Waals surface area (Å²) in [5, 5.41) is 4.42. The van der Waals surface area contributed by atoms with Crippen molar-refractivity contribution in [1.29, 1.82) is 0 Å². The first kappa shape index (κ1) is 12.7. The molecule has 0 aromatic heterocycles. The normalized spacial score (nSPS) is 12.1. The maximum atomic E-state index is 11.8. The van der Waals surface area contributed by atoms with Gasteiger partial charge in [-0.2, -0.15) is 0 Å². The zero-order valence-corrected chi connectivity index (χ0v) is 11.4. The number of hydrogen-bond acceptors (Lipinski definition) is 1. The van der Waals surface area contributed by atoms with Crippen molar-refractivity contribution in [3.05, 3.63) is 30.3 Å². The number of carbonyl (C=O) groups excluding carboxylic acids is 1. The molecule has 4 heteroatoms. The first-order chi connectivity index (χ1) is 7.27. The molecule has 2 nitrogen and oxygen atoms in total. The average molecular weight is 335 g/mol. The van der Waals surface area contributed by atoms with Crippen molar-refractivity contribution in [3.63, 3.8) is 0 Å². The van der Waals surface area contributed by atoms with Gasteiger partial charge in [-0.15, -0.1) is 0 Å². The van der Waals surface area contributed by atoms with Crippen molar-refractivity contribution < 1.29 is 4.79 Å². The number of nitrogens with one attached hydrogen (secondary N) is 1. The molecule has 0 aliphatic rings. The van der Waals surface area contributed by atoms with Gasteiger partial charge in [-0.3, -0.25) is 4.79 Å². The van der Waals surface area contributed by atoms with Gasteiger partial charge in [0, 0.05) is 22.3 Å². The summed E-state index contributed by atoms with van der Waals surface area (Å²) in [6.07, 6.45) is 0.837. The van der Waals surface area contributed by atoms with Crippen molar-refractivity contribution in [2.75, 3.05) is 16.0 Å². The smallest absolute Gasteiger partial charge is 0.228 e. The van der Waals surface area contributed by atoms with Gasteiger partial charge in [0.05, 0.1) is 0 Å². The highest BCUT2D eigenvalue weighted by Gasteiger charge is 2.15. The molecule has 1 atom stereocenters. The van der Waals surface area contributed by atoms with Crippen LogP contribution in [0.25, 0.3) is 0 Å². The summed E-state index contributed by atoms with van der Waals surface area (Å²) in [5.74, 6) is 0.0853. The Hall–Kier alpha value is -0.350. The third-order valence-electron chi connectivity index (χ3n) is 2.06. The van der Waals surface area contributed by atoms with Crippen LogP contribution in [-0.4, -0.2) is 16.6 Å². The molecule has 15 heavy (non-hydrogen) atoms. The summed E-state index contributed by atoms with van der Waals surface area (Å²) >= 11 is 6.69. The molecule has 0 fully saturated rings. The van der Waals surface area contributed by atoms with Gasteiger partial charge in [-0.1, -0.05) is 50.1 Å². The Balaban J connectivity index is 2.54. The number of anilines is 1. The molecule has 1 N–H and O–H groups in total. The minimum atomic E-state index is 0.0181. The SMILES string of the molecule is O=C(Nc1ccccc1)C(CBr)CCBr. The third-order valence-corrected chi connectivity index (χ3v) is 3.30. The molecule has 1 rings (SSSR count). The molecule has 1 amide bonds. The number of carbonyl (C=O) groups is 1. The van der Waals surface area contributed by atoms with Gasteiger partial charge in [0.2, 0.25) is 5.91 Å². The lowest BCUT2D eigenvalue weighted by atomic mass is 10.1. The van der Waals surface area contributed by atoms with E-state index in [2.05, 4.69) is 37.2 Å². The zero-order chi connectivity index (χ0) is 11.1. The number of halogens is 2. The van der Waals surface area contributed by atoms with E-state index in [0.717, 1.165) is 17.4 Å². The van der Waals surface area contributed by atoms with Crippen molar-refractivity contribution in [2.45, 2.75) is 6.42 Å². The summed E-state index contributed by atoms with van der Waals surface area (Å²) in [4.78, 5) is 11.8. The van der Waals surface area contributed by atoms with Crippen molar-refractivity contribution in [1.82, 2.24) is 0 Å². The number of rotatable bonds is 5. The van der Waals surface area contributed by atoms with E-state index >= 15 is 0 Å². The number of benzene rings is 1. The van der Waals surface area contributed by atoms with Crippen LogP contribution in [0.15, 0.2) is 30.3 Å². The van der Waals surface area contributed by atoms with Crippen LogP contribution in [0.5, 0.6) is 0 Å². The van der Waals surface area contributed by atoms with Crippen LogP contribution in [0.3, 0.4) is 0 Å². The summed E-state index contributed by atoms with van der Waals surface area (Å²) in [5.41, 5.74) is 0.850. The van der Waals surface area contributed by atoms with E-state index in [9.17, 15) is 4.79 Å². The summed E-state index contributed by atoms with van der Waals surface area (Å²) < 4.78 is 0. The highest BCUT2D eigenvalue weighted by Crippen LogP contribution is 2.13. The van der Waals surface area contributed by atoms with Crippen LogP contribution in [0.2, 0.25) is 0 Å². The molecule has 1 aromatic carbocycles. The van der Waals surface area contributed by atoms with Gasteiger partial charge in [-0.25, -0.2) is 0 Å². The van der Waals surface area contributed by atoms with Crippen LogP contribution in [0.4, 0.5) is 5.69 Å². The van der Waals surface area contributed by atoms with E-state index in [1.54, 1.807) is 0 Å². The van der Waals surface area contributed by atoms with E-state index in [1.807, 2.05) is 30.3 Å². The van der Waals surface area contributed by atoms with Gasteiger partial charge < -0.3 is 5.32 Å². The fourth-order valence-corrected chi connectivity index (χ4v) is 2.35. The molecule has 0 aliphatic carbocycles. The second kappa shape index (κ2) is 7.01. The van der Waals surface area contributed by atoms with Gasteiger partial charge >= 0.3 is 0 Å². The van der Waals surface area contributed by atoms with Crippen LogP contribution < -0.4 is 5.32 Å². The Morgan fingerprint density at radius 3 is 2.47 bits per heavy atom. The molecule has 0 radical (unpaired) electrons. The number of hydrogen-bond donors (Lipinski definition) is 1. The molecular weight excluding hydrogens is 322 g/mol. The zero-order valence-electron chi connectivity index (χ0n) is 8.25. The lowest BCUT2D eigenvalue weighted by Crippen LogP contribution is -2.24. The first-order valence-electron chi connectivity index (χ1n) is 4.75. The van der Waals surface area contributed by atoms with Gasteiger partial charge in [0.15, 0.2) is 0 Å². The molecular formula is C11H13Br2NO. The van der Waals surface area contributed by atoms with E-state index in [-0.39, 0.29) is 11.8 Å². The third kappa shape index (κ3) is 4.34. The fraction of sp³-hybridized carbons (Fsp3) is 0.364. The predicted molar refractivity (Wildman–Crippen MR) is 70.8 cm³/mol. The predicted octanol–water partition coefficient (Wildman–Crippen LogP) is 3.42. The van der Waals surface area contributed by atoms with Crippen molar-refractivity contribution in [3.8, 4) is 0 Å². The Morgan fingerprint density at radius 1 is 1.27 bits per heavy atom.